The molecule has 2 aromatic heterocycles. The van der Waals surface area contributed by atoms with Gasteiger partial charge in [0, 0.05) is 116 Å². The van der Waals surface area contributed by atoms with Crippen molar-refractivity contribution in [3.63, 3.8) is 0 Å². The van der Waals surface area contributed by atoms with Crippen LogP contribution in [-0.2, 0) is 0 Å². The summed E-state index contributed by atoms with van der Waals surface area (Å²) in [6.45, 7) is 10.5. The molecule has 19 aromatic rings. The molecule has 0 aliphatic heterocycles. The number of hydrogen-bond donors (Lipinski definition) is 3. The lowest BCUT2D eigenvalue weighted by atomic mass is 10.0. The molecule has 0 saturated carbocycles. The molecule has 4 N–H and O–H groups in total. The highest BCUT2D eigenvalue weighted by Gasteiger charge is 2.21. The van der Waals surface area contributed by atoms with Crippen LogP contribution in [0.2, 0.25) is 0 Å². The van der Waals surface area contributed by atoms with Crippen molar-refractivity contribution in [3.8, 4) is 44.8 Å². The molecule has 2 heterocycles. The quantitative estimate of drug-likeness (QED) is 0.0705. The number of nitrogens with zero attached hydrogens (tertiary/aromatic N) is 4. The van der Waals surface area contributed by atoms with Crippen LogP contribution in [0.1, 0.15) is 38.1 Å². The fourth-order valence-electron chi connectivity index (χ4n) is 14.7. The van der Waals surface area contributed by atoms with E-state index in [-0.39, 0.29) is 18.7 Å². The summed E-state index contributed by atoms with van der Waals surface area (Å²) < 4.78 is 6.96. The molecule has 17 aromatic carbocycles. The fraction of sp³-hybridized carbons (Fsp3) is 0.0556. The highest BCUT2D eigenvalue weighted by Crippen LogP contribution is 2.44. The minimum absolute atomic E-state index is 0. The Bertz CT molecular complexity index is 6110. The number of nitrogen functional groups attached to an aromatic ring is 1. The van der Waals surface area contributed by atoms with Gasteiger partial charge in [0.05, 0.1) is 22.1 Å². The van der Waals surface area contributed by atoms with E-state index >= 15 is 0 Å². The van der Waals surface area contributed by atoms with Crippen LogP contribution in [0.4, 0.5) is 62.6 Å². The van der Waals surface area contributed by atoms with Gasteiger partial charge in [-0.2, -0.15) is 0 Å². The first-order valence-corrected chi connectivity index (χ1v) is 40.7. The molecule has 0 aliphatic rings. The van der Waals surface area contributed by atoms with Crippen LogP contribution in [0.15, 0.2) is 421 Å². The second-order valence-electron chi connectivity index (χ2n) is 29.3. The van der Waals surface area contributed by atoms with E-state index < -0.39 is 0 Å². The van der Waals surface area contributed by atoms with Gasteiger partial charge in [0.2, 0.25) is 0 Å². The predicted octanol–water partition coefficient (Wildman–Crippen LogP) is 31.8. The number of nitrogens with two attached hydrogens (primary N) is 1. The Morgan fingerprint density at radius 3 is 0.780 bits per heavy atom. The van der Waals surface area contributed by atoms with Crippen molar-refractivity contribution in [2.75, 3.05) is 26.2 Å². The SMILES string of the molecule is Brc1ccc(-c2ccc(Br)cc2)cc1.C.Cc1ccc(N(c2ccc(-c3ccc(N(c4ccc(C)cc4)c4ccc5c(c4)c4ccccc4n5-c4ccccc4)cc3)cc2)c2ccc3c(c2)c2ccccc2n3-c2ccccc2)cc1.Cc1ccc(N)cc1.Cc1ccc(Nc2ccc(-c3ccc(Nc4ccc(C)cc4)cc3)cc2)cc1.[2HH].[2HH].[B]. The molecule has 0 bridgehead atoms. The number of anilines is 11. The van der Waals surface area contributed by atoms with Crippen LogP contribution in [0.5, 0.6) is 0 Å². The Morgan fingerprint density at radius 2 is 0.475 bits per heavy atom. The third kappa shape index (κ3) is 18.8. The maximum atomic E-state index is 5.43. The first-order chi connectivity index (χ1) is 56.7. The van der Waals surface area contributed by atoms with Gasteiger partial charge in [-0.15, -0.1) is 0 Å². The molecule has 0 fully saturated rings. The number of hydrogen-bond acceptors (Lipinski definition) is 5. The van der Waals surface area contributed by atoms with E-state index in [1.165, 1.54) is 93.7 Å². The number of halogens is 2. The van der Waals surface area contributed by atoms with E-state index in [1.807, 2.05) is 31.2 Å². The number of aromatic nitrogens is 2. The normalized spacial score (nSPS) is 10.7. The summed E-state index contributed by atoms with van der Waals surface area (Å²) in [5.41, 5.74) is 37.8. The Balaban J connectivity index is 0.000000199. The molecule has 579 valence electrons. The van der Waals surface area contributed by atoms with Gasteiger partial charge < -0.3 is 35.3 Å². The van der Waals surface area contributed by atoms with E-state index in [4.69, 9.17) is 5.73 Å². The van der Waals surface area contributed by atoms with E-state index in [2.05, 4.69) is 477 Å². The lowest BCUT2D eigenvalue weighted by Crippen LogP contribution is -2.10. The minimum atomic E-state index is 0. The minimum Gasteiger partial charge on any atom is -0.399 e. The molecule has 0 spiro atoms. The monoisotopic (exact) mass is 1660 g/mol. The zero-order valence-electron chi connectivity index (χ0n) is 66.0. The number of para-hydroxylation sites is 4. The molecule has 0 unspecified atom stereocenters. The maximum absolute atomic E-state index is 5.43. The van der Waals surface area contributed by atoms with E-state index in [1.54, 1.807) is 0 Å². The number of benzene rings is 17. The van der Waals surface area contributed by atoms with Crippen molar-refractivity contribution < 1.29 is 2.85 Å². The molecule has 10 heteroatoms. The predicted molar refractivity (Wildman–Crippen MR) is 520 cm³/mol. The third-order valence-electron chi connectivity index (χ3n) is 20.9. The first-order valence-electron chi connectivity index (χ1n) is 39.1. The van der Waals surface area contributed by atoms with Crippen molar-refractivity contribution in [2.24, 2.45) is 0 Å². The van der Waals surface area contributed by atoms with Gasteiger partial charge in [-0.25, -0.2) is 0 Å². The Kier molecular flexibility index (Phi) is 25.6. The van der Waals surface area contributed by atoms with Crippen molar-refractivity contribution in [1.29, 1.82) is 0 Å². The van der Waals surface area contributed by atoms with Crippen LogP contribution in [0, 0.1) is 34.6 Å². The fourth-order valence-corrected chi connectivity index (χ4v) is 15.3. The zero-order valence-corrected chi connectivity index (χ0v) is 69.1. The lowest BCUT2D eigenvalue weighted by molar-refractivity contribution is 1.18. The second kappa shape index (κ2) is 37.3. The van der Waals surface area contributed by atoms with Crippen molar-refractivity contribution in [2.45, 2.75) is 42.0 Å². The second-order valence-corrected chi connectivity index (χ2v) is 31.1. The average molecular weight is 1660 g/mol. The van der Waals surface area contributed by atoms with Crippen molar-refractivity contribution >= 4 is 146 Å². The van der Waals surface area contributed by atoms with Gasteiger partial charge in [-0.1, -0.05) is 273 Å². The van der Waals surface area contributed by atoms with Gasteiger partial charge >= 0.3 is 0 Å². The zero-order chi connectivity index (χ0) is 79.4. The van der Waals surface area contributed by atoms with Gasteiger partial charge in [0.1, 0.15) is 0 Å². The molecule has 0 amide bonds. The first kappa shape index (κ1) is 81.0. The summed E-state index contributed by atoms with van der Waals surface area (Å²) in [6, 6.07) is 147. The standard InChI is InChI=1S/C62H46N4.C26H24N2.C12H8Br2.C7H9N.CH4.B.2H2/c1-43-21-29-49(30-22-43)63(53-37-39-61-57(41-53)55-17-9-11-19-59(55)65(61)47-13-5-3-6-14-47)51-33-25-45(26-34-51)46-27-35-52(36-28-46)64(50-31-23-44(2)24-32-50)54-38-40-62-58(42-54)56-18-10-12-20-60(56)66(62)48-15-7-4-8-16-48;1-19-3-11-23(12-4-19)27-25-15-7-21(8-16-25)22-9-17-26(18-10-22)28-24-13-5-20(2)6-14-24;13-11-5-1-9(2-6-11)10-3-7-12(14)8-4-10;1-6-2-4-7(8)5-3-6;;;;/h3-42H,1-2H3;3-18,27-28H,1-2H3;1-8H;2-5H,8H2,1H3;1H4;;2*1H/i;;;;;;2*1+1. The van der Waals surface area contributed by atoms with Crippen molar-refractivity contribution in [1.82, 2.24) is 9.13 Å². The third-order valence-corrected chi connectivity index (χ3v) is 22.0. The Labute approximate surface area is 715 Å². The molecule has 0 saturated heterocycles. The molecule has 118 heavy (non-hydrogen) atoms. The van der Waals surface area contributed by atoms with Gasteiger partial charge in [0.25, 0.3) is 0 Å². The molecule has 0 aliphatic carbocycles. The molecule has 7 nitrogen and oxygen atoms in total. The molecule has 19 rings (SSSR count). The van der Waals surface area contributed by atoms with Crippen LogP contribution in [0.25, 0.3) is 88.4 Å². The van der Waals surface area contributed by atoms with Crippen LogP contribution in [-0.4, -0.2) is 17.5 Å². The largest absolute Gasteiger partial charge is 0.399 e. The van der Waals surface area contributed by atoms with Gasteiger partial charge in [0.15, 0.2) is 0 Å². The Morgan fingerprint density at radius 1 is 0.246 bits per heavy atom. The van der Waals surface area contributed by atoms with Gasteiger partial charge in [-0.3, -0.25) is 0 Å². The van der Waals surface area contributed by atoms with E-state index in [0.29, 0.717) is 0 Å². The smallest absolute Gasteiger partial charge is 0.0542 e. The number of nitrogens with one attached hydrogen (secondary N) is 2. The summed E-state index contributed by atoms with van der Waals surface area (Å²) in [5.74, 6) is 0. The summed E-state index contributed by atoms with van der Waals surface area (Å²) in [6.07, 6.45) is 0. The molecule has 3 radical (unpaired) electrons. The Hall–Kier alpha value is -13.6. The van der Waals surface area contributed by atoms with Gasteiger partial charge in [-0.05, 0) is 274 Å². The highest BCUT2D eigenvalue weighted by atomic mass is 79.9. The summed E-state index contributed by atoms with van der Waals surface area (Å²) in [5, 5.41) is 11.8. The molecular formula is C108H95BBr2N7. The topological polar surface area (TPSA) is 66.4 Å². The van der Waals surface area contributed by atoms with E-state index in [9.17, 15) is 0 Å². The van der Waals surface area contributed by atoms with Crippen molar-refractivity contribution in [3.05, 3.63) is 449 Å². The number of aryl methyl sites for hydroxylation is 5. The summed E-state index contributed by atoms with van der Waals surface area (Å²) in [4.78, 5) is 4.74. The van der Waals surface area contributed by atoms with E-state index in [0.717, 1.165) is 94.0 Å². The molecular weight excluding hydrogens is 1570 g/mol. The van der Waals surface area contributed by atoms with Crippen LogP contribution >= 0.6 is 31.9 Å². The summed E-state index contributed by atoms with van der Waals surface area (Å²) >= 11 is 6.84. The number of rotatable bonds is 15. The summed E-state index contributed by atoms with van der Waals surface area (Å²) in [7, 11) is 0. The maximum Gasteiger partial charge on any atom is 0.0542 e. The molecule has 0 atom stereocenters. The van der Waals surface area contributed by atoms with Crippen LogP contribution in [0.3, 0.4) is 0 Å². The van der Waals surface area contributed by atoms with Crippen LogP contribution < -0.4 is 26.2 Å². The number of fused-ring (bicyclic) bond motifs is 6. The average Bonchev–Trinajstić information content (AvgIpc) is 1.59. The highest BCUT2D eigenvalue weighted by molar-refractivity contribution is 9.10. The lowest BCUT2D eigenvalue weighted by Gasteiger charge is -2.26.